The number of carboxylic acid groups (broad SMARTS) is 1. The predicted octanol–water partition coefficient (Wildman–Crippen LogP) is 2.15. The predicted molar refractivity (Wildman–Crippen MR) is 87.5 cm³/mol. The highest BCUT2D eigenvalue weighted by Gasteiger charge is 2.11. The molecule has 0 saturated carbocycles. The fraction of sp³-hybridized carbons (Fsp3) is 0.471. The van der Waals surface area contributed by atoms with Crippen LogP contribution in [0, 0.1) is 0 Å². The number of amides is 2. The quantitative estimate of drug-likeness (QED) is 0.683. The van der Waals surface area contributed by atoms with E-state index in [9.17, 15) is 14.4 Å². The van der Waals surface area contributed by atoms with Crippen molar-refractivity contribution in [2.75, 3.05) is 20.6 Å². The Kier molecular flexibility index (Phi) is 7.80. The lowest BCUT2D eigenvalue weighted by molar-refractivity contribution is -0.137. The average molecular weight is 320 g/mol. The highest BCUT2D eigenvalue weighted by atomic mass is 16.4. The second-order valence-corrected chi connectivity index (χ2v) is 5.59. The summed E-state index contributed by atoms with van der Waals surface area (Å²) in [6.45, 7) is 0.539. The number of carbonyl (C=O) groups is 3. The molecule has 2 N–H and O–H groups in total. The van der Waals surface area contributed by atoms with Crippen molar-refractivity contribution in [1.29, 1.82) is 0 Å². The summed E-state index contributed by atoms with van der Waals surface area (Å²) in [6.07, 6.45) is 3.39. The fourth-order valence-corrected chi connectivity index (χ4v) is 2.11. The van der Waals surface area contributed by atoms with Gasteiger partial charge in [-0.1, -0.05) is 18.9 Å². The lowest BCUT2D eigenvalue weighted by atomic mass is 10.1. The molecule has 23 heavy (non-hydrogen) atoms. The van der Waals surface area contributed by atoms with Crippen LogP contribution in [0.5, 0.6) is 0 Å². The van der Waals surface area contributed by atoms with Crippen molar-refractivity contribution >= 4 is 17.8 Å². The van der Waals surface area contributed by atoms with Gasteiger partial charge in [0.25, 0.3) is 11.8 Å². The number of nitrogens with zero attached hydrogens (tertiary/aromatic N) is 1. The third-order valence-corrected chi connectivity index (χ3v) is 3.38. The molecule has 126 valence electrons. The van der Waals surface area contributed by atoms with Crippen LogP contribution in [0.15, 0.2) is 24.3 Å². The van der Waals surface area contributed by atoms with E-state index in [2.05, 4.69) is 5.32 Å². The lowest BCUT2D eigenvalue weighted by Gasteiger charge is -2.11. The van der Waals surface area contributed by atoms with Crippen LogP contribution in [-0.4, -0.2) is 48.4 Å². The van der Waals surface area contributed by atoms with Gasteiger partial charge in [-0.05, 0) is 31.0 Å². The maximum absolute atomic E-state index is 12.1. The lowest BCUT2D eigenvalue weighted by Crippen LogP contribution is -2.26. The Balaban J connectivity index is 2.36. The Bertz CT molecular complexity index is 555. The van der Waals surface area contributed by atoms with Crippen LogP contribution in [0.3, 0.4) is 0 Å². The molecule has 0 aromatic heterocycles. The minimum atomic E-state index is -0.773. The molecule has 1 aromatic rings. The van der Waals surface area contributed by atoms with Crippen LogP contribution < -0.4 is 5.32 Å². The second-order valence-electron chi connectivity index (χ2n) is 5.59. The molecule has 0 aliphatic carbocycles. The van der Waals surface area contributed by atoms with E-state index in [1.54, 1.807) is 38.4 Å². The van der Waals surface area contributed by atoms with E-state index >= 15 is 0 Å². The molecule has 6 nitrogen and oxygen atoms in total. The third kappa shape index (κ3) is 6.95. The Labute approximate surface area is 136 Å². The van der Waals surface area contributed by atoms with Crippen molar-refractivity contribution in [2.24, 2.45) is 0 Å². The highest BCUT2D eigenvalue weighted by molar-refractivity contribution is 5.99. The summed E-state index contributed by atoms with van der Waals surface area (Å²) in [4.78, 5) is 35.8. The first kappa shape index (κ1) is 18.7. The van der Waals surface area contributed by atoms with Crippen LogP contribution in [0.2, 0.25) is 0 Å². The van der Waals surface area contributed by atoms with Gasteiger partial charge in [0, 0.05) is 38.2 Å². The Morgan fingerprint density at radius 1 is 1.04 bits per heavy atom. The fourth-order valence-electron chi connectivity index (χ4n) is 2.11. The van der Waals surface area contributed by atoms with Gasteiger partial charge in [-0.3, -0.25) is 14.4 Å². The summed E-state index contributed by atoms with van der Waals surface area (Å²) < 4.78 is 0. The van der Waals surface area contributed by atoms with Crippen LogP contribution in [0.4, 0.5) is 0 Å². The molecule has 0 unspecified atom stereocenters. The van der Waals surface area contributed by atoms with E-state index in [-0.39, 0.29) is 18.2 Å². The molecular weight excluding hydrogens is 296 g/mol. The molecule has 0 bridgehead atoms. The molecule has 0 spiro atoms. The summed E-state index contributed by atoms with van der Waals surface area (Å²) in [7, 11) is 3.33. The van der Waals surface area contributed by atoms with E-state index < -0.39 is 5.97 Å². The average Bonchev–Trinajstić information content (AvgIpc) is 2.52. The summed E-state index contributed by atoms with van der Waals surface area (Å²) >= 11 is 0. The minimum Gasteiger partial charge on any atom is -0.481 e. The molecule has 0 aliphatic heterocycles. The van der Waals surface area contributed by atoms with Crippen LogP contribution in [-0.2, 0) is 4.79 Å². The number of rotatable bonds is 9. The van der Waals surface area contributed by atoms with E-state index in [1.165, 1.54) is 4.90 Å². The van der Waals surface area contributed by atoms with Crippen molar-refractivity contribution < 1.29 is 19.5 Å². The number of benzene rings is 1. The van der Waals surface area contributed by atoms with Crippen molar-refractivity contribution in [3.05, 3.63) is 35.4 Å². The zero-order valence-corrected chi connectivity index (χ0v) is 13.7. The molecule has 0 atom stereocenters. The zero-order valence-electron chi connectivity index (χ0n) is 13.7. The van der Waals surface area contributed by atoms with E-state index in [1.807, 2.05) is 0 Å². The standard InChI is InChI=1S/C17H24N2O4/c1-19(2)17(23)14-9-7-8-13(12-14)16(22)18-11-6-4-3-5-10-15(20)21/h7-9,12H,3-6,10-11H2,1-2H3,(H,18,22)(H,20,21). The number of hydrogen-bond donors (Lipinski definition) is 2. The van der Waals surface area contributed by atoms with Crippen LogP contribution >= 0.6 is 0 Å². The van der Waals surface area contributed by atoms with Gasteiger partial charge >= 0.3 is 5.97 Å². The molecule has 0 saturated heterocycles. The maximum Gasteiger partial charge on any atom is 0.303 e. The SMILES string of the molecule is CN(C)C(=O)c1cccc(C(=O)NCCCCCCC(=O)O)c1. The largest absolute Gasteiger partial charge is 0.481 e. The molecule has 0 heterocycles. The summed E-state index contributed by atoms with van der Waals surface area (Å²) in [5.41, 5.74) is 0.944. The number of carboxylic acids is 1. The van der Waals surface area contributed by atoms with E-state index in [0.717, 1.165) is 19.3 Å². The molecule has 6 heteroatoms. The van der Waals surface area contributed by atoms with Crippen molar-refractivity contribution in [3.8, 4) is 0 Å². The molecule has 0 aliphatic rings. The number of nitrogens with one attached hydrogen (secondary N) is 1. The number of unbranched alkanes of at least 4 members (excludes halogenated alkanes) is 3. The highest BCUT2D eigenvalue weighted by Crippen LogP contribution is 2.08. The van der Waals surface area contributed by atoms with Gasteiger partial charge in [-0.15, -0.1) is 0 Å². The number of aliphatic carboxylic acids is 1. The first-order valence-corrected chi connectivity index (χ1v) is 7.73. The second kappa shape index (κ2) is 9.61. The molecular formula is C17H24N2O4. The maximum atomic E-state index is 12.1. The van der Waals surface area contributed by atoms with Crippen molar-refractivity contribution in [3.63, 3.8) is 0 Å². The first-order chi connectivity index (χ1) is 10.9. The van der Waals surface area contributed by atoms with Gasteiger partial charge in [-0.25, -0.2) is 0 Å². The van der Waals surface area contributed by atoms with Gasteiger partial charge in [0.15, 0.2) is 0 Å². The molecule has 1 aromatic carbocycles. The van der Waals surface area contributed by atoms with Crippen LogP contribution in [0.25, 0.3) is 0 Å². The zero-order chi connectivity index (χ0) is 17.2. The Morgan fingerprint density at radius 3 is 2.35 bits per heavy atom. The van der Waals surface area contributed by atoms with Crippen molar-refractivity contribution in [2.45, 2.75) is 32.1 Å². The summed E-state index contributed by atoms with van der Waals surface area (Å²) in [6, 6.07) is 6.64. The number of carbonyl (C=O) groups excluding carboxylic acids is 2. The molecule has 1 rings (SSSR count). The molecule has 0 fully saturated rings. The first-order valence-electron chi connectivity index (χ1n) is 7.73. The van der Waals surface area contributed by atoms with Gasteiger partial charge < -0.3 is 15.3 Å². The molecule has 0 radical (unpaired) electrons. The summed E-state index contributed by atoms with van der Waals surface area (Å²) in [5.74, 6) is -1.12. The Morgan fingerprint density at radius 2 is 1.70 bits per heavy atom. The van der Waals surface area contributed by atoms with Gasteiger partial charge in [0.2, 0.25) is 0 Å². The molecule has 2 amide bonds. The van der Waals surface area contributed by atoms with Gasteiger partial charge in [0.1, 0.15) is 0 Å². The number of hydrogen-bond acceptors (Lipinski definition) is 3. The summed E-state index contributed by atoms with van der Waals surface area (Å²) in [5, 5.41) is 11.3. The van der Waals surface area contributed by atoms with Gasteiger partial charge in [-0.2, -0.15) is 0 Å². The van der Waals surface area contributed by atoms with E-state index in [0.29, 0.717) is 24.1 Å². The third-order valence-electron chi connectivity index (χ3n) is 3.38. The minimum absolute atomic E-state index is 0.141. The topological polar surface area (TPSA) is 86.7 Å². The van der Waals surface area contributed by atoms with Crippen LogP contribution in [0.1, 0.15) is 52.8 Å². The van der Waals surface area contributed by atoms with E-state index in [4.69, 9.17) is 5.11 Å². The smallest absolute Gasteiger partial charge is 0.303 e. The monoisotopic (exact) mass is 320 g/mol. The van der Waals surface area contributed by atoms with Crippen molar-refractivity contribution in [1.82, 2.24) is 10.2 Å². The van der Waals surface area contributed by atoms with Gasteiger partial charge in [0.05, 0.1) is 0 Å². The normalized spacial score (nSPS) is 10.2. The Hall–Kier alpha value is -2.37.